The summed E-state index contributed by atoms with van der Waals surface area (Å²) in [5.74, 6) is 0.00609. The van der Waals surface area contributed by atoms with Crippen molar-refractivity contribution in [1.29, 1.82) is 0 Å². The zero-order valence-corrected chi connectivity index (χ0v) is 12.9. The van der Waals surface area contributed by atoms with Crippen molar-refractivity contribution < 1.29 is 9.90 Å². The molecule has 0 bridgehead atoms. The number of aromatic nitrogens is 4. The van der Waals surface area contributed by atoms with Crippen LogP contribution in [0.1, 0.15) is 34.9 Å². The number of carbonyl (C=O) groups is 1. The van der Waals surface area contributed by atoms with Crippen LogP contribution in [0.2, 0.25) is 0 Å². The Labute approximate surface area is 138 Å². The Balaban J connectivity index is 1.58. The molecule has 0 saturated heterocycles. The third-order valence-corrected chi connectivity index (χ3v) is 4.49. The number of nitrogens with zero attached hydrogens (tertiary/aromatic N) is 3. The van der Waals surface area contributed by atoms with E-state index in [-0.39, 0.29) is 24.0 Å². The van der Waals surface area contributed by atoms with Gasteiger partial charge in [0.1, 0.15) is 11.0 Å². The second-order valence-electron chi connectivity index (χ2n) is 6.12. The summed E-state index contributed by atoms with van der Waals surface area (Å²) in [5, 5.41) is 23.2. The van der Waals surface area contributed by atoms with Gasteiger partial charge in [-0.05, 0) is 49.1 Å². The lowest BCUT2D eigenvalue weighted by molar-refractivity contribution is 0.0228. The third kappa shape index (κ3) is 2.74. The van der Waals surface area contributed by atoms with Crippen LogP contribution < -0.4 is 5.32 Å². The van der Waals surface area contributed by atoms with Gasteiger partial charge in [0.15, 0.2) is 0 Å². The summed E-state index contributed by atoms with van der Waals surface area (Å²) in [6.45, 7) is 0. The van der Waals surface area contributed by atoms with Crippen LogP contribution >= 0.6 is 0 Å². The monoisotopic (exact) mass is 323 g/mol. The number of carbonyl (C=O) groups excluding carboxylic acids is 1. The highest BCUT2D eigenvalue weighted by Gasteiger charge is 2.36. The van der Waals surface area contributed by atoms with Gasteiger partial charge in [0.05, 0.1) is 17.8 Å². The van der Waals surface area contributed by atoms with Gasteiger partial charge in [-0.2, -0.15) is 15.4 Å². The lowest BCUT2D eigenvalue weighted by Crippen LogP contribution is -2.41. The predicted molar refractivity (Wildman–Crippen MR) is 87.1 cm³/mol. The van der Waals surface area contributed by atoms with Gasteiger partial charge >= 0.3 is 0 Å². The van der Waals surface area contributed by atoms with Gasteiger partial charge in [-0.15, -0.1) is 0 Å². The van der Waals surface area contributed by atoms with Crippen molar-refractivity contribution in [3.8, 4) is 0 Å². The van der Waals surface area contributed by atoms with Crippen molar-refractivity contribution in [1.82, 2.24) is 25.7 Å². The number of rotatable bonds is 4. The van der Waals surface area contributed by atoms with Crippen molar-refractivity contribution in [2.45, 2.75) is 25.0 Å². The predicted octanol–water partition coefficient (Wildman–Crippen LogP) is 1.59. The van der Waals surface area contributed by atoms with Crippen molar-refractivity contribution in [3.05, 3.63) is 53.9 Å². The van der Waals surface area contributed by atoms with Gasteiger partial charge in [0.2, 0.25) is 0 Å². The number of nitrogens with one attached hydrogen (secondary N) is 2. The fourth-order valence-corrected chi connectivity index (χ4v) is 3.10. The van der Waals surface area contributed by atoms with E-state index in [9.17, 15) is 9.90 Å². The largest absolute Gasteiger partial charge is 0.393 e. The first-order chi connectivity index (χ1) is 11.7. The van der Waals surface area contributed by atoms with Gasteiger partial charge in [-0.1, -0.05) is 6.07 Å². The summed E-state index contributed by atoms with van der Waals surface area (Å²) >= 11 is 0. The van der Waals surface area contributed by atoms with Gasteiger partial charge < -0.3 is 10.4 Å². The van der Waals surface area contributed by atoms with E-state index in [4.69, 9.17) is 0 Å². The Morgan fingerprint density at radius 1 is 1.21 bits per heavy atom. The summed E-state index contributed by atoms with van der Waals surface area (Å²) in [7, 11) is 0. The Hall–Kier alpha value is -2.80. The molecule has 1 saturated carbocycles. The molecule has 24 heavy (non-hydrogen) atoms. The van der Waals surface area contributed by atoms with Crippen LogP contribution in [0.4, 0.5) is 0 Å². The summed E-state index contributed by atoms with van der Waals surface area (Å²) in [6, 6.07) is 10.6. The van der Waals surface area contributed by atoms with Crippen LogP contribution in [0.5, 0.6) is 0 Å². The van der Waals surface area contributed by atoms with Crippen molar-refractivity contribution in [3.63, 3.8) is 0 Å². The first kappa shape index (κ1) is 14.8. The van der Waals surface area contributed by atoms with Gasteiger partial charge in [-0.25, -0.2) is 0 Å². The van der Waals surface area contributed by atoms with Crippen molar-refractivity contribution >= 4 is 16.9 Å². The molecule has 3 aromatic rings. The van der Waals surface area contributed by atoms with Gasteiger partial charge in [0.25, 0.3) is 5.91 Å². The van der Waals surface area contributed by atoms with E-state index in [1.165, 1.54) is 0 Å². The summed E-state index contributed by atoms with van der Waals surface area (Å²) < 4.78 is 0. The molecule has 1 aliphatic rings. The summed E-state index contributed by atoms with van der Waals surface area (Å²) in [4.78, 5) is 17.0. The maximum absolute atomic E-state index is 12.7. The number of pyridine rings is 1. The molecule has 1 unspecified atom stereocenters. The smallest absolute Gasteiger partial charge is 0.251 e. The van der Waals surface area contributed by atoms with E-state index >= 15 is 0 Å². The molecule has 1 aliphatic carbocycles. The Morgan fingerprint density at radius 2 is 2.04 bits per heavy atom. The average Bonchev–Trinajstić information content (AvgIpc) is 3.05. The number of aliphatic hydroxyl groups is 1. The minimum Gasteiger partial charge on any atom is -0.393 e. The van der Waals surface area contributed by atoms with E-state index in [2.05, 4.69) is 25.7 Å². The fraction of sp³-hybridized carbons (Fsp3) is 0.294. The highest BCUT2D eigenvalue weighted by atomic mass is 16.3. The second-order valence-corrected chi connectivity index (χ2v) is 6.12. The number of amides is 1. The van der Waals surface area contributed by atoms with Crippen molar-refractivity contribution in [2.75, 3.05) is 0 Å². The van der Waals surface area contributed by atoms with Crippen LogP contribution in [0.15, 0.2) is 42.6 Å². The number of hydrogen-bond acceptors (Lipinski definition) is 5. The number of H-pyrrole nitrogens is 1. The SMILES string of the molecule is O=C(NC(c1ccccn1)C1CC(O)C1)c1ccc2n[nH]nc2c1. The number of aromatic amines is 1. The highest BCUT2D eigenvalue weighted by molar-refractivity contribution is 5.97. The first-order valence-corrected chi connectivity index (χ1v) is 7.91. The van der Waals surface area contributed by atoms with E-state index in [1.807, 2.05) is 18.2 Å². The highest BCUT2D eigenvalue weighted by Crippen LogP contribution is 2.37. The van der Waals surface area contributed by atoms with Crippen LogP contribution in [-0.4, -0.2) is 37.5 Å². The van der Waals surface area contributed by atoms with Crippen molar-refractivity contribution in [2.24, 2.45) is 5.92 Å². The molecule has 2 aromatic heterocycles. The summed E-state index contributed by atoms with van der Waals surface area (Å²) in [5.41, 5.74) is 2.70. The molecule has 3 N–H and O–H groups in total. The maximum Gasteiger partial charge on any atom is 0.251 e. The Kier molecular flexibility index (Phi) is 3.70. The molecule has 7 heteroatoms. The topological polar surface area (TPSA) is 104 Å². The lowest BCUT2D eigenvalue weighted by atomic mass is 9.76. The van der Waals surface area contributed by atoms with E-state index < -0.39 is 0 Å². The molecular weight excluding hydrogens is 306 g/mol. The Morgan fingerprint density at radius 3 is 2.79 bits per heavy atom. The van der Waals surface area contributed by atoms with Crippen LogP contribution in [0.25, 0.3) is 11.0 Å². The lowest BCUT2D eigenvalue weighted by Gasteiger charge is -2.37. The number of hydrogen-bond donors (Lipinski definition) is 3. The minimum absolute atomic E-state index is 0.183. The molecule has 4 rings (SSSR count). The maximum atomic E-state index is 12.7. The standard InChI is InChI=1S/C17H17N5O2/c23-12-7-11(8-12)16(14-3-1-2-6-18-14)19-17(24)10-4-5-13-15(9-10)21-22-20-13/h1-6,9,11-12,16,23H,7-8H2,(H,19,24)(H,20,21,22). The first-order valence-electron chi connectivity index (χ1n) is 7.91. The van der Waals surface area contributed by atoms with Crippen LogP contribution in [-0.2, 0) is 0 Å². The molecule has 7 nitrogen and oxygen atoms in total. The Bertz CT molecular complexity index is 858. The molecule has 1 atom stereocenters. The van der Waals surface area contributed by atoms with Gasteiger partial charge in [-0.3, -0.25) is 9.78 Å². The van der Waals surface area contributed by atoms with Crippen LogP contribution in [0, 0.1) is 5.92 Å². The van der Waals surface area contributed by atoms with Gasteiger partial charge in [0, 0.05) is 11.8 Å². The number of fused-ring (bicyclic) bond motifs is 1. The molecule has 0 spiro atoms. The minimum atomic E-state index is -0.287. The second kappa shape index (κ2) is 6.01. The number of benzene rings is 1. The molecule has 2 heterocycles. The van der Waals surface area contributed by atoms with E-state index in [0.29, 0.717) is 23.9 Å². The van der Waals surface area contributed by atoms with E-state index in [1.54, 1.807) is 24.4 Å². The summed E-state index contributed by atoms with van der Waals surface area (Å²) in [6.07, 6.45) is 2.77. The zero-order valence-electron chi connectivity index (χ0n) is 12.9. The fourth-order valence-electron chi connectivity index (χ4n) is 3.10. The molecule has 1 amide bonds. The molecule has 0 aliphatic heterocycles. The molecule has 1 fully saturated rings. The quantitative estimate of drug-likeness (QED) is 0.676. The zero-order chi connectivity index (χ0) is 16.5. The molecular formula is C17H17N5O2. The van der Waals surface area contributed by atoms with E-state index in [0.717, 1.165) is 11.2 Å². The number of aliphatic hydroxyl groups excluding tert-OH is 1. The van der Waals surface area contributed by atoms with Crippen LogP contribution in [0.3, 0.4) is 0 Å². The molecule has 0 radical (unpaired) electrons. The normalized spacial score (nSPS) is 21.2. The molecule has 122 valence electrons. The molecule has 1 aromatic carbocycles. The third-order valence-electron chi connectivity index (χ3n) is 4.49. The average molecular weight is 323 g/mol.